The van der Waals surface area contributed by atoms with E-state index in [1.54, 1.807) is 0 Å². The number of hydrogen-bond acceptors (Lipinski definition) is 5. The van der Waals surface area contributed by atoms with Crippen LogP contribution in [-0.4, -0.2) is 47.3 Å². The number of nitrogens with one attached hydrogen (secondary N) is 2. The summed E-state index contributed by atoms with van der Waals surface area (Å²) < 4.78 is 13.4. The molecule has 238 valence electrons. The Labute approximate surface area is 263 Å². The van der Waals surface area contributed by atoms with Gasteiger partial charge in [-0.25, -0.2) is 4.79 Å². The molecular formula is C37H51N3O4. The molecule has 4 bridgehead atoms. The first-order chi connectivity index (χ1) is 21.4. The molecule has 0 radical (unpaired) electrons. The van der Waals surface area contributed by atoms with E-state index in [0.717, 1.165) is 79.0 Å². The molecule has 7 heteroatoms. The van der Waals surface area contributed by atoms with Crippen molar-refractivity contribution >= 4 is 11.7 Å². The number of carbonyl (C=O) groups excluding carboxylic acids is 1. The van der Waals surface area contributed by atoms with E-state index in [2.05, 4.69) is 34.6 Å². The van der Waals surface area contributed by atoms with Crippen molar-refractivity contribution in [2.45, 2.75) is 108 Å². The maximum atomic E-state index is 13.2. The molecule has 6 aliphatic rings. The first-order valence-corrected chi connectivity index (χ1v) is 17.4. The van der Waals surface area contributed by atoms with Gasteiger partial charge in [0.05, 0.1) is 18.8 Å². The van der Waals surface area contributed by atoms with E-state index >= 15 is 0 Å². The maximum Gasteiger partial charge on any atom is 0.319 e. The second kappa shape index (κ2) is 13.1. The molecule has 4 saturated carbocycles. The molecule has 3 N–H and O–H groups in total. The largest absolute Gasteiger partial charge is 0.392 e. The summed E-state index contributed by atoms with van der Waals surface area (Å²) in [5, 5.41) is 16.1. The van der Waals surface area contributed by atoms with Crippen LogP contribution in [0.25, 0.3) is 0 Å². The third-order valence-electron chi connectivity index (χ3n) is 11.4. The third-order valence-corrected chi connectivity index (χ3v) is 11.4. The average molecular weight is 602 g/mol. The monoisotopic (exact) mass is 601 g/mol. The minimum atomic E-state index is -0.497. The molecule has 2 saturated heterocycles. The van der Waals surface area contributed by atoms with E-state index in [4.69, 9.17) is 9.47 Å². The van der Waals surface area contributed by atoms with Crippen molar-refractivity contribution in [1.29, 1.82) is 0 Å². The number of amides is 2. The van der Waals surface area contributed by atoms with E-state index in [1.165, 1.54) is 51.4 Å². The Hall–Kier alpha value is -2.45. The molecule has 4 atom stereocenters. The molecule has 2 amide bonds. The van der Waals surface area contributed by atoms with Crippen molar-refractivity contribution in [3.05, 3.63) is 65.2 Å². The summed E-state index contributed by atoms with van der Waals surface area (Å²) in [6, 6.07) is 16.0. The van der Waals surface area contributed by atoms with Crippen molar-refractivity contribution in [1.82, 2.24) is 10.2 Å². The lowest BCUT2D eigenvalue weighted by Crippen LogP contribution is -2.60. The molecule has 0 aromatic heterocycles. The van der Waals surface area contributed by atoms with Crippen LogP contribution in [0.5, 0.6) is 0 Å². The number of rotatable bonds is 7. The zero-order valence-electron chi connectivity index (χ0n) is 26.4. The fourth-order valence-corrected chi connectivity index (χ4v) is 9.47. The Morgan fingerprint density at radius 1 is 0.841 bits per heavy atom. The summed E-state index contributed by atoms with van der Waals surface area (Å²) >= 11 is 0. The minimum Gasteiger partial charge on any atom is -0.392 e. The van der Waals surface area contributed by atoms with E-state index in [1.807, 2.05) is 36.4 Å². The summed E-state index contributed by atoms with van der Waals surface area (Å²) in [6.07, 6.45) is 13.4. The van der Waals surface area contributed by atoms with Crippen LogP contribution in [0.4, 0.5) is 10.5 Å². The zero-order chi connectivity index (χ0) is 30.1. The first-order valence-electron chi connectivity index (χ1n) is 17.4. The topological polar surface area (TPSA) is 83.1 Å². The molecular weight excluding hydrogens is 550 g/mol. The number of aliphatic hydroxyl groups is 1. The highest BCUT2D eigenvalue weighted by Gasteiger charge is 2.51. The van der Waals surface area contributed by atoms with Crippen LogP contribution in [0.3, 0.4) is 0 Å². The lowest BCUT2D eigenvalue weighted by Gasteiger charge is -2.56. The Kier molecular flexibility index (Phi) is 9.01. The van der Waals surface area contributed by atoms with Gasteiger partial charge in [0.2, 0.25) is 0 Å². The molecule has 2 aromatic rings. The van der Waals surface area contributed by atoms with Crippen LogP contribution in [0.15, 0.2) is 48.5 Å². The fraction of sp³-hybridized carbons (Fsp3) is 0.649. The highest BCUT2D eigenvalue weighted by molar-refractivity contribution is 5.89. The fourth-order valence-electron chi connectivity index (χ4n) is 9.47. The highest BCUT2D eigenvalue weighted by atomic mass is 16.7. The van der Waals surface area contributed by atoms with E-state index in [-0.39, 0.29) is 36.3 Å². The number of nitrogens with zero attached hydrogens (tertiary/aromatic N) is 1. The summed E-state index contributed by atoms with van der Waals surface area (Å²) in [5.74, 6) is 2.56. The number of benzene rings is 2. The van der Waals surface area contributed by atoms with Crippen LogP contribution in [0.2, 0.25) is 0 Å². The first kappa shape index (κ1) is 30.2. The predicted octanol–water partition coefficient (Wildman–Crippen LogP) is 7.33. The number of hydrogen-bond donors (Lipinski definition) is 3. The van der Waals surface area contributed by atoms with Gasteiger partial charge in [0, 0.05) is 29.3 Å². The van der Waals surface area contributed by atoms with Gasteiger partial charge in [0.1, 0.15) is 0 Å². The molecule has 0 spiro atoms. The summed E-state index contributed by atoms with van der Waals surface area (Å²) in [7, 11) is 0. The second-order valence-electron chi connectivity index (χ2n) is 14.8. The van der Waals surface area contributed by atoms with Gasteiger partial charge < -0.3 is 30.1 Å². The SMILES string of the molecule is C[C@H]1[C@@H](CN2CCCCCCC2)O[C@@H](c2ccc(NC(=O)NC34CC5CC(CC(C5)C3)C4)cc2)O[C@H]1c1ccc(CO)cc1. The lowest BCUT2D eigenvalue weighted by molar-refractivity contribution is -0.276. The molecule has 4 aliphatic carbocycles. The average Bonchev–Trinajstić information content (AvgIpc) is 2.99. The molecule has 2 aromatic carbocycles. The van der Waals surface area contributed by atoms with Crippen molar-refractivity contribution < 1.29 is 19.4 Å². The minimum absolute atomic E-state index is 0.00878. The van der Waals surface area contributed by atoms with Crippen molar-refractivity contribution in [3.8, 4) is 0 Å². The van der Waals surface area contributed by atoms with E-state index in [9.17, 15) is 9.90 Å². The van der Waals surface area contributed by atoms with Crippen molar-refractivity contribution in [3.63, 3.8) is 0 Å². The summed E-state index contributed by atoms with van der Waals surface area (Å²) in [4.78, 5) is 15.7. The molecule has 2 aliphatic heterocycles. The Morgan fingerprint density at radius 3 is 2.05 bits per heavy atom. The van der Waals surface area contributed by atoms with Gasteiger partial charge in [-0.2, -0.15) is 0 Å². The number of likely N-dealkylation sites (tertiary alicyclic amines) is 1. The van der Waals surface area contributed by atoms with Gasteiger partial charge >= 0.3 is 6.03 Å². The Morgan fingerprint density at radius 2 is 1.43 bits per heavy atom. The van der Waals surface area contributed by atoms with Crippen LogP contribution < -0.4 is 10.6 Å². The van der Waals surface area contributed by atoms with Crippen molar-refractivity contribution in [2.75, 3.05) is 25.0 Å². The van der Waals surface area contributed by atoms with Gasteiger partial charge in [0.15, 0.2) is 6.29 Å². The molecule has 0 unspecified atom stereocenters. The van der Waals surface area contributed by atoms with E-state index < -0.39 is 6.29 Å². The van der Waals surface area contributed by atoms with Crippen LogP contribution in [-0.2, 0) is 16.1 Å². The highest BCUT2D eigenvalue weighted by Crippen LogP contribution is 2.55. The number of carbonyl (C=O) groups is 1. The van der Waals surface area contributed by atoms with E-state index in [0.29, 0.717) is 0 Å². The third kappa shape index (κ3) is 6.72. The van der Waals surface area contributed by atoms with Gasteiger partial charge in [-0.1, -0.05) is 62.6 Å². The van der Waals surface area contributed by atoms with Crippen molar-refractivity contribution in [2.24, 2.45) is 23.7 Å². The number of aliphatic hydroxyl groups excluding tert-OH is 1. The summed E-state index contributed by atoms with van der Waals surface area (Å²) in [5.41, 5.74) is 3.75. The molecule has 7 nitrogen and oxygen atoms in total. The quantitative estimate of drug-likeness (QED) is 0.310. The van der Waals surface area contributed by atoms with Crippen LogP contribution in [0, 0.1) is 23.7 Å². The van der Waals surface area contributed by atoms with Gasteiger partial charge in [-0.15, -0.1) is 0 Å². The molecule has 44 heavy (non-hydrogen) atoms. The molecule has 2 heterocycles. The number of ether oxygens (including phenoxy) is 2. The van der Waals surface area contributed by atoms with Gasteiger partial charge in [-0.3, -0.25) is 0 Å². The van der Waals surface area contributed by atoms with Crippen LogP contribution in [0.1, 0.15) is 107 Å². The smallest absolute Gasteiger partial charge is 0.319 e. The second-order valence-corrected chi connectivity index (χ2v) is 14.8. The van der Waals surface area contributed by atoms with Gasteiger partial charge in [0.25, 0.3) is 0 Å². The number of anilines is 1. The lowest BCUT2D eigenvalue weighted by atomic mass is 9.53. The maximum absolute atomic E-state index is 13.2. The predicted molar refractivity (Wildman–Crippen MR) is 172 cm³/mol. The molecule has 6 fully saturated rings. The zero-order valence-corrected chi connectivity index (χ0v) is 26.4. The standard InChI is InChI=1S/C37H51N3O4/c1-25-33(23-40-15-5-3-2-4-6-16-40)43-35(44-34(25)30-9-7-26(24-41)8-10-30)31-11-13-32(14-12-31)38-36(42)39-37-20-27-17-28(21-37)19-29(18-27)22-37/h7-14,25,27-29,33-35,41H,2-6,15-24H2,1H3,(H2,38,39,42)/t25-,27?,28?,29?,33+,34+,35+,37?/m0/s1. The summed E-state index contributed by atoms with van der Waals surface area (Å²) in [6.45, 7) is 5.42. The Bertz CT molecular complexity index is 1220. The van der Waals surface area contributed by atoms with Gasteiger partial charge in [-0.05, 0) is 105 Å². The number of urea groups is 1. The Balaban J connectivity index is 1.04. The van der Waals surface area contributed by atoms with Crippen LogP contribution >= 0.6 is 0 Å². The molecule has 8 rings (SSSR count). The normalized spacial score (nSPS) is 35.5.